The average molecular weight is 468 g/mol. The first kappa shape index (κ1) is 21.7. The van der Waals surface area contributed by atoms with Crippen molar-refractivity contribution in [3.8, 4) is 0 Å². The van der Waals surface area contributed by atoms with E-state index >= 15 is 0 Å². The summed E-state index contributed by atoms with van der Waals surface area (Å²) in [6.45, 7) is 3.71. The number of hydrogen-bond acceptors (Lipinski definition) is 5. The number of benzene rings is 1. The Hall–Kier alpha value is -4.15. The van der Waals surface area contributed by atoms with Crippen LogP contribution in [0.3, 0.4) is 0 Å². The molecule has 0 saturated heterocycles. The molecule has 5 rings (SSSR count). The number of pyridine rings is 1. The van der Waals surface area contributed by atoms with Gasteiger partial charge in [-0.3, -0.25) is 14.8 Å². The number of amides is 1. The third kappa shape index (κ3) is 3.68. The number of carbonyl (C=O) groups excluding carboxylic acids is 1. The fourth-order valence-corrected chi connectivity index (χ4v) is 4.04. The molecule has 1 N–H and O–H groups in total. The molecule has 0 saturated carbocycles. The normalized spacial score (nSPS) is 12.1. The summed E-state index contributed by atoms with van der Waals surface area (Å²) in [7, 11) is 1.74. The zero-order chi connectivity index (χ0) is 24.2. The number of fused-ring (bicyclic) bond motifs is 2. The zero-order valence-electron chi connectivity index (χ0n) is 18.4. The number of alkyl halides is 3. The Balaban J connectivity index is 1.62. The molecule has 0 aliphatic rings. The Bertz CT molecular complexity index is 1550. The number of hydrogen-bond donors (Lipinski definition) is 1. The van der Waals surface area contributed by atoms with E-state index in [0.29, 0.717) is 39.3 Å². The molecule has 0 spiro atoms. The highest BCUT2D eigenvalue weighted by atomic mass is 19.4. The van der Waals surface area contributed by atoms with Crippen molar-refractivity contribution in [2.75, 3.05) is 5.32 Å². The summed E-state index contributed by atoms with van der Waals surface area (Å²) < 4.78 is 48.4. The number of furan rings is 1. The Morgan fingerprint density at radius 3 is 2.65 bits per heavy atom. The monoisotopic (exact) mass is 468 g/mol. The molecular weight excluding hydrogens is 449 g/mol. The van der Waals surface area contributed by atoms with Crippen LogP contribution in [0.25, 0.3) is 22.1 Å². The Morgan fingerprint density at radius 1 is 1.15 bits per heavy atom. The molecule has 1 aromatic carbocycles. The summed E-state index contributed by atoms with van der Waals surface area (Å²) >= 11 is 0. The van der Waals surface area contributed by atoms with Gasteiger partial charge in [0.1, 0.15) is 5.76 Å². The van der Waals surface area contributed by atoms with E-state index in [-0.39, 0.29) is 18.0 Å². The van der Waals surface area contributed by atoms with Crippen molar-refractivity contribution >= 4 is 33.9 Å². The summed E-state index contributed by atoms with van der Waals surface area (Å²) in [6.07, 6.45) is -3.02. The lowest BCUT2D eigenvalue weighted by atomic mass is 10.1. The summed E-state index contributed by atoms with van der Waals surface area (Å²) in [6, 6.07) is 8.37. The predicted octanol–water partition coefficient (Wildman–Crippen LogP) is 4.85. The molecule has 4 aromatic heterocycles. The third-order valence-corrected chi connectivity index (χ3v) is 5.54. The van der Waals surface area contributed by atoms with Gasteiger partial charge >= 0.3 is 6.18 Å². The van der Waals surface area contributed by atoms with Crippen molar-refractivity contribution in [2.24, 2.45) is 7.05 Å². The van der Waals surface area contributed by atoms with Gasteiger partial charge in [-0.25, -0.2) is 9.97 Å². The number of nitrogens with zero attached hydrogens (tertiary/aromatic N) is 5. The van der Waals surface area contributed by atoms with E-state index in [1.165, 1.54) is 12.3 Å². The minimum atomic E-state index is -4.51. The second kappa shape index (κ2) is 7.72. The summed E-state index contributed by atoms with van der Waals surface area (Å²) in [4.78, 5) is 22.1. The first-order valence-corrected chi connectivity index (χ1v) is 10.3. The molecule has 0 radical (unpaired) electrons. The van der Waals surface area contributed by atoms with Crippen molar-refractivity contribution in [1.29, 1.82) is 0 Å². The molecule has 8 nitrogen and oxygen atoms in total. The van der Waals surface area contributed by atoms with Gasteiger partial charge in [-0.2, -0.15) is 18.3 Å². The van der Waals surface area contributed by atoms with Gasteiger partial charge in [-0.05, 0) is 50.2 Å². The van der Waals surface area contributed by atoms with Crippen molar-refractivity contribution in [1.82, 2.24) is 24.3 Å². The molecule has 34 heavy (non-hydrogen) atoms. The molecule has 4 heterocycles. The molecule has 1 amide bonds. The van der Waals surface area contributed by atoms with Crippen LogP contribution in [-0.4, -0.2) is 30.2 Å². The quantitative estimate of drug-likeness (QED) is 0.407. The minimum Gasteiger partial charge on any atom is -0.467 e. The fraction of sp³-hybridized carbons (Fsp3) is 0.217. The molecule has 0 fully saturated rings. The van der Waals surface area contributed by atoms with E-state index in [1.54, 1.807) is 48.3 Å². The van der Waals surface area contributed by atoms with Crippen LogP contribution < -0.4 is 5.32 Å². The zero-order valence-corrected chi connectivity index (χ0v) is 18.4. The molecule has 0 unspecified atom stereocenters. The smallest absolute Gasteiger partial charge is 0.416 e. The molecule has 0 aliphatic heterocycles. The Kier molecular flexibility index (Phi) is 4.92. The van der Waals surface area contributed by atoms with E-state index < -0.39 is 17.6 Å². The minimum absolute atomic E-state index is 0.0971. The van der Waals surface area contributed by atoms with E-state index in [0.717, 1.165) is 12.1 Å². The maximum Gasteiger partial charge on any atom is 0.416 e. The van der Waals surface area contributed by atoms with Crippen LogP contribution in [-0.2, 0) is 19.8 Å². The van der Waals surface area contributed by atoms with Gasteiger partial charge in [0.25, 0.3) is 5.91 Å². The highest BCUT2D eigenvalue weighted by molar-refractivity contribution is 6.12. The summed E-state index contributed by atoms with van der Waals surface area (Å²) in [5.74, 6) is 0.179. The number of carbonyl (C=O) groups is 1. The highest BCUT2D eigenvalue weighted by Crippen LogP contribution is 2.33. The van der Waals surface area contributed by atoms with Gasteiger partial charge < -0.3 is 8.98 Å². The number of aromatic nitrogens is 5. The van der Waals surface area contributed by atoms with Crippen LogP contribution in [0.2, 0.25) is 0 Å². The van der Waals surface area contributed by atoms with Crippen LogP contribution in [0.1, 0.15) is 33.1 Å². The van der Waals surface area contributed by atoms with E-state index in [2.05, 4.69) is 20.4 Å². The number of rotatable bonds is 4. The SMILES string of the molecule is Cc1cc(C(=O)Nc2nc3cc(C(F)(F)F)ccc3n2Cc2ccco2)c2c(C)nn(C)c2n1. The topological polar surface area (TPSA) is 90.8 Å². The number of aryl methyl sites for hydroxylation is 3. The maximum atomic E-state index is 13.4. The van der Waals surface area contributed by atoms with Gasteiger partial charge in [0.05, 0.1) is 46.0 Å². The van der Waals surface area contributed by atoms with E-state index in [1.807, 2.05) is 0 Å². The lowest BCUT2D eigenvalue weighted by molar-refractivity contribution is -0.137. The predicted molar refractivity (Wildman–Crippen MR) is 118 cm³/mol. The van der Waals surface area contributed by atoms with E-state index in [9.17, 15) is 18.0 Å². The number of halogens is 3. The third-order valence-electron chi connectivity index (χ3n) is 5.54. The second-order valence-corrected chi connectivity index (χ2v) is 7.98. The Morgan fingerprint density at radius 2 is 1.94 bits per heavy atom. The van der Waals surface area contributed by atoms with Crippen LogP contribution >= 0.6 is 0 Å². The standard InChI is InChI=1S/C23H19F3N6O2/c1-12-9-16(19-13(2)30-31(3)20(19)27-12)21(33)29-22-28-17-10-14(23(24,25)26)6-7-18(17)32(22)11-15-5-4-8-34-15/h4-10H,11H2,1-3H3,(H,28,29,33). The molecule has 0 aliphatic carbocycles. The fourth-order valence-electron chi connectivity index (χ4n) is 4.04. The molecule has 174 valence electrons. The lowest BCUT2D eigenvalue weighted by Crippen LogP contribution is -2.17. The average Bonchev–Trinajstić information content (AvgIpc) is 3.46. The lowest BCUT2D eigenvalue weighted by Gasteiger charge is -2.10. The first-order valence-electron chi connectivity index (χ1n) is 10.3. The van der Waals surface area contributed by atoms with Gasteiger partial charge in [0.15, 0.2) is 5.65 Å². The van der Waals surface area contributed by atoms with Crippen LogP contribution in [0.15, 0.2) is 47.1 Å². The number of nitrogens with one attached hydrogen (secondary N) is 1. The van der Waals surface area contributed by atoms with Crippen LogP contribution in [0, 0.1) is 13.8 Å². The molecule has 0 bridgehead atoms. The van der Waals surface area contributed by atoms with Crippen molar-refractivity contribution in [3.63, 3.8) is 0 Å². The number of imidazole rings is 1. The van der Waals surface area contributed by atoms with Gasteiger partial charge in [-0.1, -0.05) is 0 Å². The maximum absolute atomic E-state index is 13.4. The number of anilines is 1. The summed E-state index contributed by atoms with van der Waals surface area (Å²) in [5.41, 5.74) is 1.87. The second-order valence-electron chi connectivity index (χ2n) is 7.98. The first-order chi connectivity index (χ1) is 16.1. The highest BCUT2D eigenvalue weighted by Gasteiger charge is 2.31. The summed E-state index contributed by atoms with van der Waals surface area (Å²) in [5, 5.41) is 7.71. The van der Waals surface area contributed by atoms with Gasteiger partial charge in [-0.15, -0.1) is 0 Å². The Labute approximate surface area is 191 Å². The van der Waals surface area contributed by atoms with Gasteiger partial charge in [0, 0.05) is 12.7 Å². The molecule has 11 heteroatoms. The van der Waals surface area contributed by atoms with Crippen molar-refractivity contribution < 1.29 is 22.4 Å². The van der Waals surface area contributed by atoms with Crippen LogP contribution in [0.5, 0.6) is 0 Å². The molecule has 5 aromatic rings. The molecule has 0 atom stereocenters. The van der Waals surface area contributed by atoms with Crippen molar-refractivity contribution in [3.05, 3.63) is 70.9 Å². The van der Waals surface area contributed by atoms with E-state index in [4.69, 9.17) is 4.42 Å². The van der Waals surface area contributed by atoms with Crippen LogP contribution in [0.4, 0.5) is 19.1 Å². The largest absolute Gasteiger partial charge is 0.467 e. The van der Waals surface area contributed by atoms with Gasteiger partial charge in [0.2, 0.25) is 5.95 Å². The van der Waals surface area contributed by atoms with Crippen molar-refractivity contribution in [2.45, 2.75) is 26.6 Å². The molecular formula is C23H19F3N6O2.